The molecule has 1 aromatic rings. The minimum Gasteiger partial charge on any atom is -0.376 e. The van der Waals surface area contributed by atoms with Crippen molar-refractivity contribution in [2.24, 2.45) is 0 Å². The van der Waals surface area contributed by atoms with Crippen LogP contribution in [0.5, 0.6) is 0 Å². The van der Waals surface area contributed by atoms with E-state index >= 15 is 0 Å². The number of likely N-dealkylation sites (N-methyl/N-ethyl adjacent to an activating group) is 1. The van der Waals surface area contributed by atoms with Gasteiger partial charge in [-0.15, -0.1) is 0 Å². The van der Waals surface area contributed by atoms with Crippen LogP contribution in [0.1, 0.15) is 5.56 Å². The lowest BCUT2D eigenvalue weighted by atomic mass is 10.2. The number of hydrogen-bond acceptors (Lipinski definition) is 3. The van der Waals surface area contributed by atoms with E-state index in [4.69, 9.17) is 0 Å². The standard InChI is InChI=1S/C14H20FN3O/c1-11-9-12(15)3-4-13(11)16-10-14(19)18-7-5-17(2)6-8-18/h3-4,9,16H,5-8,10H2,1-2H3. The Labute approximate surface area is 113 Å². The first kappa shape index (κ1) is 13.8. The number of aryl methyl sites for hydroxylation is 1. The van der Waals surface area contributed by atoms with Crippen LogP contribution in [-0.2, 0) is 4.79 Å². The first-order chi connectivity index (χ1) is 9.06. The summed E-state index contributed by atoms with van der Waals surface area (Å²) in [5.74, 6) is -0.162. The maximum atomic E-state index is 13.0. The van der Waals surface area contributed by atoms with Gasteiger partial charge in [0, 0.05) is 31.9 Å². The van der Waals surface area contributed by atoms with Crippen molar-refractivity contribution >= 4 is 11.6 Å². The van der Waals surface area contributed by atoms with Gasteiger partial charge in [0.05, 0.1) is 6.54 Å². The molecule has 1 amide bonds. The molecule has 0 saturated carbocycles. The molecule has 4 nitrogen and oxygen atoms in total. The van der Waals surface area contributed by atoms with Crippen LogP contribution in [0.2, 0.25) is 0 Å². The fraction of sp³-hybridized carbons (Fsp3) is 0.500. The van der Waals surface area contributed by atoms with Crippen molar-refractivity contribution in [3.05, 3.63) is 29.6 Å². The number of carbonyl (C=O) groups is 1. The molecule has 1 aliphatic rings. The maximum absolute atomic E-state index is 13.0. The van der Waals surface area contributed by atoms with Gasteiger partial charge in [-0.1, -0.05) is 0 Å². The Bertz CT molecular complexity index is 456. The third-order valence-corrected chi connectivity index (χ3v) is 3.47. The second-order valence-electron chi connectivity index (χ2n) is 5.00. The number of nitrogens with one attached hydrogen (secondary N) is 1. The molecule has 0 aromatic heterocycles. The van der Waals surface area contributed by atoms with E-state index in [0.29, 0.717) is 0 Å². The number of carbonyl (C=O) groups excluding carboxylic acids is 1. The molecule has 0 radical (unpaired) electrons. The average Bonchev–Trinajstić information content (AvgIpc) is 2.38. The van der Waals surface area contributed by atoms with Gasteiger partial charge in [0.1, 0.15) is 5.82 Å². The lowest BCUT2D eigenvalue weighted by Crippen LogP contribution is -2.48. The van der Waals surface area contributed by atoms with Gasteiger partial charge in [-0.2, -0.15) is 0 Å². The predicted octanol–water partition coefficient (Wildman–Crippen LogP) is 1.32. The molecule has 5 heteroatoms. The Morgan fingerprint density at radius 2 is 2.00 bits per heavy atom. The zero-order valence-electron chi connectivity index (χ0n) is 11.4. The summed E-state index contributed by atoms with van der Waals surface area (Å²) in [5, 5.41) is 3.08. The Morgan fingerprint density at radius 1 is 1.32 bits per heavy atom. The minimum atomic E-state index is -0.256. The van der Waals surface area contributed by atoms with Gasteiger partial charge in [-0.3, -0.25) is 4.79 Å². The second kappa shape index (κ2) is 6.02. The molecule has 1 N–H and O–H groups in total. The normalized spacial score (nSPS) is 16.5. The summed E-state index contributed by atoms with van der Waals surface area (Å²) in [6.07, 6.45) is 0. The highest BCUT2D eigenvalue weighted by Gasteiger charge is 2.18. The number of nitrogens with zero attached hydrogens (tertiary/aromatic N) is 2. The first-order valence-corrected chi connectivity index (χ1v) is 6.52. The second-order valence-corrected chi connectivity index (χ2v) is 5.00. The fourth-order valence-electron chi connectivity index (χ4n) is 2.16. The third-order valence-electron chi connectivity index (χ3n) is 3.47. The van der Waals surface area contributed by atoms with Gasteiger partial charge >= 0.3 is 0 Å². The number of piperazine rings is 1. The van der Waals surface area contributed by atoms with Gasteiger partial charge in [-0.25, -0.2) is 4.39 Å². The number of anilines is 1. The van der Waals surface area contributed by atoms with Crippen LogP contribution in [0.15, 0.2) is 18.2 Å². The Balaban J connectivity index is 1.86. The van der Waals surface area contributed by atoms with Crippen LogP contribution in [-0.4, -0.2) is 55.5 Å². The first-order valence-electron chi connectivity index (χ1n) is 6.52. The van der Waals surface area contributed by atoms with Gasteiger partial charge in [0.2, 0.25) is 5.91 Å². The lowest BCUT2D eigenvalue weighted by Gasteiger charge is -2.32. The highest BCUT2D eigenvalue weighted by Crippen LogP contribution is 2.15. The van der Waals surface area contributed by atoms with Crippen molar-refractivity contribution in [3.63, 3.8) is 0 Å². The van der Waals surface area contributed by atoms with Crippen LogP contribution in [0, 0.1) is 12.7 Å². The van der Waals surface area contributed by atoms with E-state index in [1.165, 1.54) is 12.1 Å². The molecule has 0 atom stereocenters. The lowest BCUT2D eigenvalue weighted by molar-refractivity contribution is -0.130. The third kappa shape index (κ3) is 3.67. The summed E-state index contributed by atoms with van der Waals surface area (Å²) in [5.41, 5.74) is 1.62. The van der Waals surface area contributed by atoms with Crippen molar-refractivity contribution in [2.45, 2.75) is 6.92 Å². The Kier molecular flexibility index (Phi) is 4.37. The van der Waals surface area contributed by atoms with Crippen LogP contribution in [0.25, 0.3) is 0 Å². The number of halogens is 1. The van der Waals surface area contributed by atoms with E-state index in [2.05, 4.69) is 17.3 Å². The molecule has 19 heavy (non-hydrogen) atoms. The van der Waals surface area contributed by atoms with Gasteiger partial charge in [0.15, 0.2) is 0 Å². The molecule has 1 aliphatic heterocycles. The summed E-state index contributed by atoms with van der Waals surface area (Å²) in [7, 11) is 2.06. The van der Waals surface area contributed by atoms with E-state index in [1.807, 2.05) is 11.8 Å². The number of hydrogen-bond donors (Lipinski definition) is 1. The van der Waals surface area contributed by atoms with Gasteiger partial charge < -0.3 is 15.1 Å². The fourth-order valence-corrected chi connectivity index (χ4v) is 2.16. The summed E-state index contributed by atoms with van der Waals surface area (Å²) < 4.78 is 13.0. The number of rotatable bonds is 3. The van der Waals surface area contributed by atoms with Gasteiger partial charge in [-0.05, 0) is 37.7 Å². The van der Waals surface area contributed by atoms with Gasteiger partial charge in [0.25, 0.3) is 0 Å². The quantitative estimate of drug-likeness (QED) is 0.895. The smallest absolute Gasteiger partial charge is 0.241 e. The van der Waals surface area contributed by atoms with E-state index < -0.39 is 0 Å². The Hall–Kier alpha value is -1.62. The molecule has 0 unspecified atom stereocenters. The summed E-state index contributed by atoms with van der Waals surface area (Å²) in [6.45, 7) is 5.48. The van der Waals surface area contributed by atoms with Crippen molar-refractivity contribution in [2.75, 3.05) is 45.1 Å². The highest BCUT2D eigenvalue weighted by molar-refractivity contribution is 5.81. The monoisotopic (exact) mass is 265 g/mol. The largest absolute Gasteiger partial charge is 0.376 e. The number of amides is 1. The van der Waals surface area contributed by atoms with Crippen molar-refractivity contribution in [1.29, 1.82) is 0 Å². The molecule has 0 aliphatic carbocycles. The zero-order valence-corrected chi connectivity index (χ0v) is 11.4. The van der Waals surface area contributed by atoms with Crippen molar-refractivity contribution in [1.82, 2.24) is 9.80 Å². The zero-order chi connectivity index (χ0) is 13.8. The van der Waals surface area contributed by atoms with Crippen LogP contribution in [0.4, 0.5) is 10.1 Å². The minimum absolute atomic E-state index is 0.0943. The summed E-state index contributed by atoms with van der Waals surface area (Å²) in [4.78, 5) is 16.1. The van der Waals surface area contributed by atoms with Crippen LogP contribution < -0.4 is 5.32 Å². The highest BCUT2D eigenvalue weighted by atomic mass is 19.1. The molecule has 1 saturated heterocycles. The van der Waals surface area contributed by atoms with E-state index in [0.717, 1.165) is 37.4 Å². The van der Waals surface area contributed by atoms with Crippen molar-refractivity contribution < 1.29 is 9.18 Å². The summed E-state index contributed by atoms with van der Waals surface area (Å²) >= 11 is 0. The van der Waals surface area contributed by atoms with Crippen LogP contribution >= 0.6 is 0 Å². The molecule has 0 bridgehead atoms. The van der Waals surface area contributed by atoms with Crippen molar-refractivity contribution in [3.8, 4) is 0 Å². The average molecular weight is 265 g/mol. The molecular formula is C14H20FN3O. The predicted molar refractivity (Wildman–Crippen MR) is 73.7 cm³/mol. The SMILES string of the molecule is Cc1cc(F)ccc1NCC(=O)N1CCN(C)CC1. The number of benzene rings is 1. The molecule has 0 spiro atoms. The maximum Gasteiger partial charge on any atom is 0.241 e. The van der Waals surface area contributed by atoms with Crippen LogP contribution in [0.3, 0.4) is 0 Å². The van der Waals surface area contributed by atoms with E-state index in [1.54, 1.807) is 6.07 Å². The molecule has 2 rings (SSSR count). The molecule has 1 fully saturated rings. The summed E-state index contributed by atoms with van der Waals surface area (Å²) in [6, 6.07) is 4.53. The molecule has 1 heterocycles. The molecule has 1 aromatic carbocycles. The van der Waals surface area contributed by atoms with E-state index in [9.17, 15) is 9.18 Å². The molecular weight excluding hydrogens is 245 g/mol. The van der Waals surface area contributed by atoms with E-state index in [-0.39, 0.29) is 18.3 Å². The Morgan fingerprint density at radius 3 is 2.63 bits per heavy atom. The topological polar surface area (TPSA) is 35.6 Å². The molecule has 104 valence electrons.